The number of methoxy groups -OCH3 is 1. The summed E-state index contributed by atoms with van der Waals surface area (Å²) in [6.07, 6.45) is 5.25. The smallest absolute Gasteiger partial charge is 0.248 e. The number of nitrogens with one attached hydrogen (secondary N) is 1. The van der Waals surface area contributed by atoms with Crippen LogP contribution >= 0.6 is 0 Å². The van der Waals surface area contributed by atoms with Gasteiger partial charge < -0.3 is 14.6 Å². The Morgan fingerprint density at radius 1 is 1.52 bits per heavy atom. The van der Waals surface area contributed by atoms with Gasteiger partial charge in [-0.2, -0.15) is 10.1 Å². The Morgan fingerprint density at radius 3 is 3.14 bits per heavy atom. The monoisotopic (exact) mass is 291 g/mol. The molecule has 114 valence electrons. The van der Waals surface area contributed by atoms with Crippen LogP contribution in [0.4, 0.5) is 5.82 Å². The first-order chi connectivity index (χ1) is 10.3. The number of rotatable bonds is 8. The molecule has 1 fully saturated rings. The zero-order chi connectivity index (χ0) is 14.7. The molecule has 21 heavy (non-hydrogen) atoms. The molecule has 1 N–H and O–H groups in total. The number of aromatic nitrogens is 4. The minimum absolute atomic E-state index is 0.0488. The van der Waals surface area contributed by atoms with Crippen molar-refractivity contribution < 1.29 is 9.26 Å². The normalized spacial score (nSPS) is 16.1. The molecule has 0 aliphatic heterocycles. The summed E-state index contributed by atoms with van der Waals surface area (Å²) in [5.41, 5.74) is 0. The molecule has 2 aromatic rings. The summed E-state index contributed by atoms with van der Waals surface area (Å²) < 4.78 is 12.2. The van der Waals surface area contributed by atoms with Gasteiger partial charge in [0.1, 0.15) is 11.9 Å². The Labute approximate surface area is 123 Å². The molecular formula is C14H21N5O2. The summed E-state index contributed by atoms with van der Waals surface area (Å²) in [6.45, 7) is 3.58. The van der Waals surface area contributed by atoms with Crippen LogP contribution in [0.3, 0.4) is 0 Å². The largest absolute Gasteiger partial charge is 0.385 e. The van der Waals surface area contributed by atoms with Gasteiger partial charge in [-0.25, -0.2) is 0 Å². The molecule has 0 bridgehead atoms. The summed E-state index contributed by atoms with van der Waals surface area (Å²) in [6, 6.07) is 1.90. The highest BCUT2D eigenvalue weighted by Crippen LogP contribution is 2.38. The van der Waals surface area contributed by atoms with Crippen molar-refractivity contribution in [3.63, 3.8) is 0 Å². The molecule has 1 aliphatic rings. The highest BCUT2D eigenvalue weighted by atomic mass is 16.5. The summed E-state index contributed by atoms with van der Waals surface area (Å²) in [5.74, 6) is 2.77. The third-order valence-corrected chi connectivity index (χ3v) is 3.51. The van der Waals surface area contributed by atoms with E-state index in [1.54, 1.807) is 7.11 Å². The maximum Gasteiger partial charge on any atom is 0.248 e. The first-order valence-electron chi connectivity index (χ1n) is 7.38. The zero-order valence-corrected chi connectivity index (χ0v) is 12.5. The Bertz CT molecular complexity index is 575. The van der Waals surface area contributed by atoms with Gasteiger partial charge in [0.05, 0.1) is 0 Å². The van der Waals surface area contributed by atoms with E-state index in [1.165, 1.54) is 12.8 Å². The van der Waals surface area contributed by atoms with Crippen LogP contribution in [0, 0.1) is 0 Å². The SMILES string of the molecule is COCCCn1ccc(NC(C)c2nc(C3CC3)no2)n1. The van der Waals surface area contributed by atoms with Gasteiger partial charge in [0, 0.05) is 38.4 Å². The van der Waals surface area contributed by atoms with Crippen molar-refractivity contribution in [2.75, 3.05) is 19.0 Å². The second kappa shape index (κ2) is 6.26. The molecule has 0 radical (unpaired) electrons. The Balaban J connectivity index is 1.54. The van der Waals surface area contributed by atoms with Crippen molar-refractivity contribution >= 4 is 5.82 Å². The molecule has 0 amide bonds. The summed E-state index contributed by atoms with van der Waals surface area (Å²) in [4.78, 5) is 4.44. The number of aryl methyl sites for hydroxylation is 1. The molecule has 0 saturated heterocycles. The molecule has 1 aliphatic carbocycles. The van der Waals surface area contributed by atoms with E-state index in [0.717, 1.165) is 31.2 Å². The van der Waals surface area contributed by atoms with Crippen LogP contribution in [0.15, 0.2) is 16.8 Å². The van der Waals surface area contributed by atoms with Crippen LogP contribution in [0.1, 0.15) is 49.9 Å². The molecule has 1 unspecified atom stereocenters. The Morgan fingerprint density at radius 2 is 2.38 bits per heavy atom. The van der Waals surface area contributed by atoms with Crippen molar-refractivity contribution in [1.29, 1.82) is 0 Å². The van der Waals surface area contributed by atoms with E-state index in [2.05, 4.69) is 20.6 Å². The minimum Gasteiger partial charge on any atom is -0.385 e. The lowest BCUT2D eigenvalue weighted by Gasteiger charge is -2.07. The van der Waals surface area contributed by atoms with E-state index < -0.39 is 0 Å². The van der Waals surface area contributed by atoms with Gasteiger partial charge in [-0.05, 0) is 26.2 Å². The van der Waals surface area contributed by atoms with Crippen LogP contribution in [-0.2, 0) is 11.3 Å². The molecule has 1 saturated carbocycles. The Kier molecular flexibility index (Phi) is 4.19. The first-order valence-corrected chi connectivity index (χ1v) is 7.38. The fourth-order valence-corrected chi connectivity index (χ4v) is 2.15. The van der Waals surface area contributed by atoms with E-state index in [1.807, 2.05) is 23.9 Å². The predicted octanol–water partition coefficient (Wildman–Crippen LogP) is 2.35. The maximum atomic E-state index is 5.31. The van der Waals surface area contributed by atoms with Gasteiger partial charge in [-0.3, -0.25) is 4.68 Å². The van der Waals surface area contributed by atoms with Crippen molar-refractivity contribution in [1.82, 2.24) is 19.9 Å². The molecule has 7 heteroatoms. The molecule has 2 heterocycles. The molecule has 0 spiro atoms. The summed E-state index contributed by atoms with van der Waals surface area (Å²) in [7, 11) is 1.71. The second-order valence-electron chi connectivity index (χ2n) is 5.44. The predicted molar refractivity (Wildman–Crippen MR) is 77.0 cm³/mol. The topological polar surface area (TPSA) is 78.0 Å². The van der Waals surface area contributed by atoms with Crippen LogP contribution in [0.25, 0.3) is 0 Å². The first kappa shape index (κ1) is 14.1. The third kappa shape index (κ3) is 3.60. The van der Waals surface area contributed by atoms with Crippen molar-refractivity contribution in [2.24, 2.45) is 0 Å². The summed E-state index contributed by atoms with van der Waals surface area (Å²) in [5, 5.41) is 11.8. The van der Waals surface area contributed by atoms with Gasteiger partial charge in [0.15, 0.2) is 5.82 Å². The highest BCUT2D eigenvalue weighted by molar-refractivity contribution is 5.34. The molecule has 7 nitrogen and oxygen atoms in total. The van der Waals surface area contributed by atoms with E-state index in [9.17, 15) is 0 Å². The van der Waals surface area contributed by atoms with Crippen LogP contribution < -0.4 is 5.32 Å². The van der Waals surface area contributed by atoms with E-state index in [4.69, 9.17) is 9.26 Å². The van der Waals surface area contributed by atoms with Crippen LogP contribution in [-0.4, -0.2) is 33.6 Å². The van der Waals surface area contributed by atoms with Crippen LogP contribution in [0.5, 0.6) is 0 Å². The third-order valence-electron chi connectivity index (χ3n) is 3.51. The van der Waals surface area contributed by atoms with Gasteiger partial charge >= 0.3 is 0 Å². The van der Waals surface area contributed by atoms with Gasteiger partial charge in [-0.1, -0.05) is 5.16 Å². The molecule has 1 atom stereocenters. The van der Waals surface area contributed by atoms with Gasteiger partial charge in [0.2, 0.25) is 5.89 Å². The summed E-state index contributed by atoms with van der Waals surface area (Å²) >= 11 is 0. The lowest BCUT2D eigenvalue weighted by Crippen LogP contribution is -2.09. The van der Waals surface area contributed by atoms with Gasteiger partial charge in [-0.15, -0.1) is 0 Å². The number of ether oxygens (including phenoxy) is 1. The Hall–Kier alpha value is -1.89. The van der Waals surface area contributed by atoms with Gasteiger partial charge in [0.25, 0.3) is 0 Å². The van der Waals surface area contributed by atoms with Crippen LogP contribution in [0.2, 0.25) is 0 Å². The second-order valence-corrected chi connectivity index (χ2v) is 5.44. The average molecular weight is 291 g/mol. The maximum absolute atomic E-state index is 5.31. The van der Waals surface area contributed by atoms with Crippen molar-refractivity contribution in [3.05, 3.63) is 24.0 Å². The van der Waals surface area contributed by atoms with E-state index in [-0.39, 0.29) is 6.04 Å². The number of nitrogens with zero attached hydrogens (tertiary/aromatic N) is 4. The number of hydrogen-bond donors (Lipinski definition) is 1. The molecule has 0 aromatic carbocycles. The lowest BCUT2D eigenvalue weighted by molar-refractivity contribution is 0.189. The molecular weight excluding hydrogens is 270 g/mol. The highest BCUT2D eigenvalue weighted by Gasteiger charge is 2.29. The minimum atomic E-state index is -0.0488. The number of hydrogen-bond acceptors (Lipinski definition) is 6. The zero-order valence-electron chi connectivity index (χ0n) is 12.5. The fourth-order valence-electron chi connectivity index (χ4n) is 2.15. The average Bonchev–Trinajstić information content (AvgIpc) is 3.04. The molecule has 3 rings (SSSR count). The number of anilines is 1. The fraction of sp³-hybridized carbons (Fsp3) is 0.643. The lowest BCUT2D eigenvalue weighted by atomic mass is 10.3. The standard InChI is InChI=1S/C14H21N5O2/c1-10(14-16-13(18-21-14)11-4-5-11)15-12-6-8-19(17-12)7-3-9-20-2/h6,8,10-11H,3-5,7,9H2,1-2H3,(H,15,17). The van der Waals surface area contributed by atoms with Crippen molar-refractivity contribution in [2.45, 2.75) is 44.7 Å². The van der Waals surface area contributed by atoms with Crippen molar-refractivity contribution in [3.8, 4) is 0 Å². The van der Waals surface area contributed by atoms with E-state index in [0.29, 0.717) is 11.8 Å². The molecule has 2 aromatic heterocycles. The van der Waals surface area contributed by atoms with E-state index >= 15 is 0 Å². The quantitative estimate of drug-likeness (QED) is 0.752.